The number of anilines is 1. The third kappa shape index (κ3) is 2.57. The lowest BCUT2D eigenvalue weighted by Gasteiger charge is -2.16. The number of hydrogen-bond donors (Lipinski definition) is 2. The summed E-state index contributed by atoms with van der Waals surface area (Å²) in [5, 5.41) is 7.22. The third-order valence-electron chi connectivity index (χ3n) is 5.06. The lowest BCUT2D eigenvalue weighted by Crippen LogP contribution is -2.27. The highest BCUT2D eigenvalue weighted by Crippen LogP contribution is 2.31. The Hall–Kier alpha value is -1.06. The molecule has 3 heteroatoms. The summed E-state index contributed by atoms with van der Waals surface area (Å²) < 4.78 is 0. The van der Waals surface area contributed by atoms with Gasteiger partial charge in [0.2, 0.25) is 0 Å². The first-order valence-electron chi connectivity index (χ1n) is 8.19. The second-order valence-electron chi connectivity index (χ2n) is 6.64. The van der Waals surface area contributed by atoms with Gasteiger partial charge in [-0.3, -0.25) is 0 Å². The van der Waals surface area contributed by atoms with Crippen molar-refractivity contribution >= 4 is 5.69 Å². The summed E-state index contributed by atoms with van der Waals surface area (Å²) in [6.45, 7) is 5.94. The van der Waals surface area contributed by atoms with Crippen molar-refractivity contribution in [1.29, 1.82) is 0 Å². The molecule has 1 saturated heterocycles. The lowest BCUT2D eigenvalue weighted by atomic mass is 10.1. The third-order valence-corrected chi connectivity index (χ3v) is 5.06. The van der Waals surface area contributed by atoms with E-state index in [1.807, 2.05) is 0 Å². The molecule has 2 N–H and O–H groups in total. The fourth-order valence-corrected chi connectivity index (χ4v) is 3.77. The van der Waals surface area contributed by atoms with Crippen LogP contribution >= 0.6 is 0 Å². The van der Waals surface area contributed by atoms with E-state index in [0.717, 1.165) is 25.0 Å². The number of benzene rings is 1. The van der Waals surface area contributed by atoms with Crippen LogP contribution in [0.1, 0.15) is 30.4 Å². The number of hydrogen-bond acceptors (Lipinski definition) is 3. The maximum atomic E-state index is 3.69. The predicted octanol–water partition coefficient (Wildman–Crippen LogP) is 2.23. The molecule has 0 aromatic heterocycles. The molecule has 20 heavy (non-hydrogen) atoms. The summed E-state index contributed by atoms with van der Waals surface area (Å²) >= 11 is 0. The normalized spacial score (nSPS) is 25.7. The molecule has 4 rings (SSSR count). The predicted molar refractivity (Wildman–Crippen MR) is 83.0 cm³/mol. The summed E-state index contributed by atoms with van der Waals surface area (Å²) in [5.74, 6) is 0.861. The molecule has 0 bridgehead atoms. The molecule has 1 atom stereocenters. The van der Waals surface area contributed by atoms with Crippen LogP contribution in [-0.2, 0) is 13.0 Å². The molecule has 2 aliphatic heterocycles. The Bertz CT molecular complexity index is 481. The molecule has 1 unspecified atom stereocenters. The van der Waals surface area contributed by atoms with Gasteiger partial charge in [-0.2, -0.15) is 0 Å². The first kappa shape index (κ1) is 12.7. The lowest BCUT2D eigenvalue weighted by molar-refractivity contribution is 0.312. The summed E-state index contributed by atoms with van der Waals surface area (Å²) in [4.78, 5) is 2.70. The Morgan fingerprint density at radius 2 is 2.20 bits per heavy atom. The van der Waals surface area contributed by atoms with Gasteiger partial charge in [0.05, 0.1) is 0 Å². The molecule has 1 aromatic rings. The molecule has 3 nitrogen and oxygen atoms in total. The van der Waals surface area contributed by atoms with E-state index in [-0.39, 0.29) is 0 Å². The highest BCUT2D eigenvalue weighted by Gasteiger charge is 2.34. The van der Waals surface area contributed by atoms with Gasteiger partial charge in [-0.15, -0.1) is 0 Å². The molecule has 2 fully saturated rings. The van der Waals surface area contributed by atoms with Crippen LogP contribution in [0.4, 0.5) is 5.69 Å². The minimum absolute atomic E-state index is 0.861. The van der Waals surface area contributed by atoms with Crippen LogP contribution in [0.5, 0.6) is 0 Å². The van der Waals surface area contributed by atoms with Crippen molar-refractivity contribution in [3.63, 3.8) is 0 Å². The Morgan fingerprint density at radius 1 is 1.25 bits per heavy atom. The van der Waals surface area contributed by atoms with E-state index in [1.54, 1.807) is 0 Å². The zero-order valence-electron chi connectivity index (χ0n) is 12.2. The first-order valence-corrected chi connectivity index (χ1v) is 8.19. The zero-order chi connectivity index (χ0) is 13.4. The number of rotatable bonds is 5. The van der Waals surface area contributed by atoms with E-state index < -0.39 is 0 Å². The van der Waals surface area contributed by atoms with Gasteiger partial charge >= 0.3 is 0 Å². The van der Waals surface area contributed by atoms with Crippen LogP contribution < -0.4 is 10.6 Å². The number of likely N-dealkylation sites (tertiary alicyclic amines) is 1. The van der Waals surface area contributed by atoms with Gasteiger partial charge in [0.15, 0.2) is 0 Å². The van der Waals surface area contributed by atoms with Crippen LogP contribution in [0.15, 0.2) is 18.2 Å². The molecule has 0 spiro atoms. The molecule has 0 amide bonds. The maximum absolute atomic E-state index is 3.69. The molecule has 108 valence electrons. The zero-order valence-corrected chi connectivity index (χ0v) is 12.2. The van der Waals surface area contributed by atoms with Crippen LogP contribution in [0.3, 0.4) is 0 Å². The van der Waals surface area contributed by atoms with Gasteiger partial charge in [0.25, 0.3) is 0 Å². The number of nitrogens with zero attached hydrogens (tertiary/aromatic N) is 1. The van der Waals surface area contributed by atoms with Gasteiger partial charge in [0.1, 0.15) is 0 Å². The Balaban J connectivity index is 1.28. The van der Waals surface area contributed by atoms with Crippen LogP contribution in [0.25, 0.3) is 0 Å². The van der Waals surface area contributed by atoms with E-state index in [1.165, 1.54) is 62.1 Å². The van der Waals surface area contributed by atoms with Crippen molar-refractivity contribution in [2.75, 3.05) is 31.5 Å². The Morgan fingerprint density at radius 3 is 3.10 bits per heavy atom. The van der Waals surface area contributed by atoms with E-state index in [2.05, 4.69) is 33.7 Å². The molecular formula is C17H25N3. The molecule has 2 heterocycles. The standard InChI is InChI=1S/C17H25N3/c1-2-14-6-8-19-17(14)15(3-1)11-18-10-13-7-9-20(12-13)16-4-5-16/h1-3,13,16,18-19H,4-12H2. The molecule has 3 aliphatic rings. The monoisotopic (exact) mass is 271 g/mol. The molecular weight excluding hydrogens is 246 g/mol. The van der Waals surface area contributed by atoms with Crippen molar-refractivity contribution in [1.82, 2.24) is 10.2 Å². The van der Waals surface area contributed by atoms with Crippen LogP contribution in [-0.4, -0.2) is 37.1 Å². The highest BCUT2D eigenvalue weighted by molar-refractivity contribution is 5.61. The second kappa shape index (κ2) is 5.38. The highest BCUT2D eigenvalue weighted by atomic mass is 15.2. The topological polar surface area (TPSA) is 27.3 Å². The van der Waals surface area contributed by atoms with E-state index in [4.69, 9.17) is 0 Å². The minimum atomic E-state index is 0.861. The fraction of sp³-hybridized carbons (Fsp3) is 0.647. The smallest absolute Gasteiger partial charge is 0.0419 e. The number of para-hydroxylation sites is 1. The average Bonchev–Trinajstić information content (AvgIpc) is 3.01. The van der Waals surface area contributed by atoms with E-state index in [9.17, 15) is 0 Å². The average molecular weight is 271 g/mol. The van der Waals surface area contributed by atoms with E-state index >= 15 is 0 Å². The van der Waals surface area contributed by atoms with Crippen molar-refractivity contribution in [3.05, 3.63) is 29.3 Å². The maximum Gasteiger partial charge on any atom is 0.0419 e. The SMILES string of the molecule is c1cc2c(c(CNCC3CCN(C4CC4)C3)c1)NCC2. The van der Waals surface area contributed by atoms with Crippen molar-refractivity contribution in [2.45, 2.75) is 38.3 Å². The number of fused-ring (bicyclic) bond motifs is 1. The second-order valence-corrected chi connectivity index (χ2v) is 6.64. The van der Waals surface area contributed by atoms with Gasteiger partial charge in [-0.1, -0.05) is 18.2 Å². The molecule has 1 aliphatic carbocycles. The molecule has 0 radical (unpaired) electrons. The summed E-state index contributed by atoms with van der Waals surface area (Å²) in [5.41, 5.74) is 4.33. The van der Waals surface area contributed by atoms with Gasteiger partial charge in [0, 0.05) is 31.4 Å². The Kier molecular flexibility index (Phi) is 3.41. The summed E-state index contributed by atoms with van der Waals surface area (Å²) in [6, 6.07) is 7.66. The largest absolute Gasteiger partial charge is 0.384 e. The van der Waals surface area contributed by atoms with Gasteiger partial charge in [-0.05, 0) is 55.8 Å². The van der Waals surface area contributed by atoms with Crippen molar-refractivity contribution in [3.8, 4) is 0 Å². The summed E-state index contributed by atoms with van der Waals surface area (Å²) in [6.07, 6.45) is 5.46. The molecule has 1 saturated carbocycles. The molecule has 1 aromatic carbocycles. The van der Waals surface area contributed by atoms with Gasteiger partial charge in [-0.25, -0.2) is 0 Å². The number of nitrogens with one attached hydrogen (secondary N) is 2. The quantitative estimate of drug-likeness (QED) is 0.860. The van der Waals surface area contributed by atoms with Crippen LogP contribution in [0, 0.1) is 5.92 Å². The van der Waals surface area contributed by atoms with Gasteiger partial charge < -0.3 is 15.5 Å². The van der Waals surface area contributed by atoms with Crippen molar-refractivity contribution < 1.29 is 0 Å². The first-order chi connectivity index (χ1) is 9.90. The Labute approximate surface area is 121 Å². The van der Waals surface area contributed by atoms with E-state index in [0.29, 0.717) is 0 Å². The fourth-order valence-electron chi connectivity index (χ4n) is 3.77. The minimum Gasteiger partial charge on any atom is -0.384 e. The summed E-state index contributed by atoms with van der Waals surface area (Å²) in [7, 11) is 0. The van der Waals surface area contributed by atoms with Crippen LogP contribution in [0.2, 0.25) is 0 Å². The van der Waals surface area contributed by atoms with Crippen molar-refractivity contribution in [2.24, 2.45) is 5.92 Å².